The predicted molar refractivity (Wildman–Crippen MR) is 107 cm³/mol. The van der Waals surface area contributed by atoms with Crippen molar-refractivity contribution in [1.82, 2.24) is 4.90 Å². The molecular formula is C19H14BrClN2S. The van der Waals surface area contributed by atoms with E-state index < -0.39 is 0 Å². The predicted octanol–water partition coefficient (Wildman–Crippen LogP) is 6.38. The molecule has 1 unspecified atom stereocenters. The summed E-state index contributed by atoms with van der Waals surface area (Å²) in [5.74, 6) is 0. The molecule has 2 aromatic carbocycles. The maximum Gasteiger partial charge on any atom is 0.173 e. The monoisotopic (exact) mass is 416 g/mol. The summed E-state index contributed by atoms with van der Waals surface area (Å²) in [6.07, 6.45) is 4.30. The summed E-state index contributed by atoms with van der Waals surface area (Å²) in [6.45, 7) is 2.10. The number of benzene rings is 2. The first kappa shape index (κ1) is 16.0. The summed E-state index contributed by atoms with van der Waals surface area (Å²) in [5.41, 5.74) is 4.52. The standard InChI is InChI=1S/C19H14BrClN2S/c1-12-2-7-15(16(20)10-12)18-11-17(13-3-5-14(21)6-4-13)22-19-23(18)8-9-24-19/h2-11,18H,1H3. The molecule has 2 aromatic rings. The Labute approximate surface area is 159 Å². The van der Waals surface area contributed by atoms with Crippen molar-refractivity contribution in [2.24, 2.45) is 4.99 Å². The van der Waals surface area contributed by atoms with Crippen molar-refractivity contribution in [3.05, 3.63) is 86.3 Å². The Hall–Kier alpha value is -1.49. The zero-order valence-corrected chi connectivity index (χ0v) is 16.1. The van der Waals surface area contributed by atoms with Gasteiger partial charge in [0.1, 0.15) is 0 Å². The number of amidine groups is 1. The molecule has 0 fully saturated rings. The quantitative estimate of drug-likeness (QED) is 0.563. The fourth-order valence-corrected chi connectivity index (χ4v) is 4.46. The average Bonchev–Trinajstić information content (AvgIpc) is 3.03. The SMILES string of the molecule is Cc1ccc(C2C=C(c3ccc(Cl)cc3)N=C3SC=CN32)c(Br)c1. The van der Waals surface area contributed by atoms with Gasteiger partial charge in [0.15, 0.2) is 5.17 Å². The van der Waals surface area contributed by atoms with Crippen LogP contribution >= 0.6 is 39.3 Å². The number of aliphatic imine (C=N–C) groups is 1. The number of nitrogens with zero attached hydrogens (tertiary/aromatic N) is 2. The van der Waals surface area contributed by atoms with Crippen LogP contribution in [0.2, 0.25) is 5.02 Å². The van der Waals surface area contributed by atoms with Gasteiger partial charge in [-0.3, -0.25) is 0 Å². The van der Waals surface area contributed by atoms with E-state index in [1.807, 2.05) is 24.3 Å². The summed E-state index contributed by atoms with van der Waals surface area (Å²) in [4.78, 5) is 7.02. The van der Waals surface area contributed by atoms with Crippen LogP contribution in [0.25, 0.3) is 5.70 Å². The Bertz CT molecular complexity index is 887. The van der Waals surface area contributed by atoms with Gasteiger partial charge in [0.05, 0.1) is 11.7 Å². The number of halogens is 2. The van der Waals surface area contributed by atoms with Crippen molar-refractivity contribution in [3.8, 4) is 0 Å². The molecule has 2 heterocycles. The van der Waals surface area contributed by atoms with Crippen molar-refractivity contribution in [3.63, 3.8) is 0 Å². The second-order valence-electron chi connectivity index (χ2n) is 5.73. The van der Waals surface area contributed by atoms with Crippen LogP contribution in [0.1, 0.15) is 22.7 Å². The molecule has 0 spiro atoms. The largest absolute Gasteiger partial charge is 0.316 e. The number of aryl methyl sites for hydroxylation is 1. The zero-order chi connectivity index (χ0) is 16.7. The highest BCUT2D eigenvalue weighted by Crippen LogP contribution is 2.40. The molecule has 0 saturated carbocycles. The Kier molecular flexibility index (Phi) is 4.29. The maximum absolute atomic E-state index is 6.02. The van der Waals surface area contributed by atoms with Crippen LogP contribution in [0.4, 0.5) is 0 Å². The topological polar surface area (TPSA) is 15.6 Å². The molecule has 0 saturated heterocycles. The van der Waals surface area contributed by atoms with E-state index in [1.165, 1.54) is 11.1 Å². The minimum Gasteiger partial charge on any atom is -0.316 e. The van der Waals surface area contributed by atoms with E-state index in [2.05, 4.69) is 63.6 Å². The fraction of sp³-hybridized carbons (Fsp3) is 0.105. The molecule has 1 atom stereocenters. The fourth-order valence-electron chi connectivity index (χ4n) is 2.84. The Balaban J connectivity index is 1.81. The smallest absolute Gasteiger partial charge is 0.173 e. The van der Waals surface area contributed by atoms with Gasteiger partial charge in [0.25, 0.3) is 0 Å². The summed E-state index contributed by atoms with van der Waals surface area (Å²) in [6, 6.07) is 14.4. The van der Waals surface area contributed by atoms with E-state index in [0.717, 1.165) is 25.9 Å². The van der Waals surface area contributed by atoms with E-state index in [-0.39, 0.29) is 6.04 Å². The highest BCUT2D eigenvalue weighted by Gasteiger charge is 2.29. The number of hydrogen-bond acceptors (Lipinski definition) is 3. The molecule has 120 valence electrons. The third-order valence-electron chi connectivity index (χ3n) is 4.06. The second kappa shape index (κ2) is 6.43. The summed E-state index contributed by atoms with van der Waals surface area (Å²) >= 11 is 11.4. The van der Waals surface area contributed by atoms with Crippen LogP contribution in [0.3, 0.4) is 0 Å². The van der Waals surface area contributed by atoms with Crippen molar-refractivity contribution in [1.29, 1.82) is 0 Å². The van der Waals surface area contributed by atoms with E-state index in [1.54, 1.807) is 11.8 Å². The molecule has 4 rings (SSSR count). The van der Waals surface area contributed by atoms with Crippen LogP contribution in [-0.4, -0.2) is 10.1 Å². The second-order valence-corrected chi connectivity index (χ2v) is 7.90. The lowest BCUT2D eigenvalue weighted by Gasteiger charge is -2.30. The molecule has 0 aromatic heterocycles. The van der Waals surface area contributed by atoms with Gasteiger partial charge in [0, 0.05) is 21.3 Å². The van der Waals surface area contributed by atoms with Crippen molar-refractivity contribution in [2.75, 3.05) is 0 Å². The lowest BCUT2D eigenvalue weighted by Crippen LogP contribution is -2.27. The first-order chi connectivity index (χ1) is 11.6. The van der Waals surface area contributed by atoms with E-state index in [9.17, 15) is 0 Å². The first-order valence-corrected chi connectivity index (χ1v) is 9.61. The molecule has 24 heavy (non-hydrogen) atoms. The van der Waals surface area contributed by atoms with Crippen molar-refractivity contribution < 1.29 is 0 Å². The average molecular weight is 418 g/mol. The minimum absolute atomic E-state index is 0.115. The molecule has 0 radical (unpaired) electrons. The van der Waals surface area contributed by atoms with Crippen LogP contribution in [0.5, 0.6) is 0 Å². The Morgan fingerprint density at radius 2 is 1.96 bits per heavy atom. The van der Waals surface area contributed by atoms with Gasteiger partial charge in [-0.15, -0.1) is 0 Å². The lowest BCUT2D eigenvalue weighted by atomic mass is 10.00. The van der Waals surface area contributed by atoms with Crippen molar-refractivity contribution >= 4 is 50.2 Å². The van der Waals surface area contributed by atoms with Gasteiger partial charge in [0.2, 0.25) is 0 Å². The zero-order valence-electron chi connectivity index (χ0n) is 12.9. The van der Waals surface area contributed by atoms with Gasteiger partial charge in [-0.25, -0.2) is 4.99 Å². The third kappa shape index (κ3) is 2.94. The van der Waals surface area contributed by atoms with Crippen LogP contribution < -0.4 is 0 Å². The number of hydrogen-bond donors (Lipinski definition) is 0. The normalized spacial score (nSPS) is 19.1. The number of thioether (sulfide) groups is 1. The van der Waals surface area contributed by atoms with Crippen LogP contribution in [-0.2, 0) is 0 Å². The number of rotatable bonds is 2. The first-order valence-electron chi connectivity index (χ1n) is 7.56. The molecule has 2 nitrogen and oxygen atoms in total. The van der Waals surface area contributed by atoms with Gasteiger partial charge < -0.3 is 4.90 Å². The minimum atomic E-state index is 0.115. The van der Waals surface area contributed by atoms with E-state index in [0.29, 0.717) is 0 Å². The van der Waals surface area contributed by atoms with Gasteiger partial charge in [-0.1, -0.05) is 63.6 Å². The Morgan fingerprint density at radius 1 is 1.17 bits per heavy atom. The molecular weight excluding hydrogens is 404 g/mol. The molecule has 0 amide bonds. The maximum atomic E-state index is 6.02. The molecule has 2 aliphatic heterocycles. The molecule has 5 heteroatoms. The molecule has 0 bridgehead atoms. The van der Waals surface area contributed by atoms with Crippen LogP contribution in [0, 0.1) is 6.92 Å². The number of fused-ring (bicyclic) bond motifs is 1. The highest BCUT2D eigenvalue weighted by molar-refractivity contribution is 9.10. The van der Waals surface area contributed by atoms with Crippen molar-refractivity contribution in [2.45, 2.75) is 13.0 Å². The lowest BCUT2D eigenvalue weighted by molar-refractivity contribution is 0.490. The third-order valence-corrected chi connectivity index (χ3v) is 5.77. The van der Waals surface area contributed by atoms with E-state index >= 15 is 0 Å². The van der Waals surface area contributed by atoms with E-state index in [4.69, 9.17) is 16.6 Å². The van der Waals surface area contributed by atoms with Gasteiger partial charge >= 0.3 is 0 Å². The summed E-state index contributed by atoms with van der Waals surface area (Å²) in [7, 11) is 0. The van der Waals surface area contributed by atoms with Crippen LogP contribution in [0.15, 0.2) is 69.6 Å². The van der Waals surface area contributed by atoms with Gasteiger partial charge in [-0.2, -0.15) is 0 Å². The molecule has 0 aliphatic carbocycles. The highest BCUT2D eigenvalue weighted by atomic mass is 79.9. The Morgan fingerprint density at radius 3 is 2.71 bits per heavy atom. The molecule has 0 N–H and O–H groups in total. The summed E-state index contributed by atoms with van der Waals surface area (Å²) < 4.78 is 1.12. The van der Waals surface area contributed by atoms with Gasteiger partial charge in [-0.05, 0) is 47.7 Å². The molecule has 2 aliphatic rings. The summed E-state index contributed by atoms with van der Waals surface area (Å²) in [5, 5.41) is 3.81.